The van der Waals surface area contributed by atoms with Gasteiger partial charge in [0.05, 0.1) is 33.0 Å². The van der Waals surface area contributed by atoms with Crippen LogP contribution in [0.25, 0.3) is 10.9 Å². The van der Waals surface area contributed by atoms with Gasteiger partial charge >= 0.3 is 0 Å². The van der Waals surface area contributed by atoms with E-state index < -0.39 is 6.10 Å². The van der Waals surface area contributed by atoms with E-state index in [0.29, 0.717) is 34.7 Å². The van der Waals surface area contributed by atoms with E-state index in [9.17, 15) is 9.90 Å². The summed E-state index contributed by atoms with van der Waals surface area (Å²) in [5.41, 5.74) is 2.75. The Hall–Kier alpha value is -1.94. The van der Waals surface area contributed by atoms with Gasteiger partial charge in [0.1, 0.15) is 5.82 Å². The number of β-amino-alcohol motifs (C(OH)–C–C–N with tert-alkyl or cyclic N) is 1. The Kier molecular flexibility index (Phi) is 7.24. The number of pyridine rings is 2. The molecule has 34 heavy (non-hydrogen) atoms. The lowest BCUT2D eigenvalue weighted by molar-refractivity contribution is -0.113. The summed E-state index contributed by atoms with van der Waals surface area (Å²) in [6.45, 7) is 2.79. The highest BCUT2D eigenvalue weighted by Gasteiger charge is 2.27. The topological polar surface area (TPSA) is 90.4 Å². The van der Waals surface area contributed by atoms with E-state index in [1.807, 2.05) is 30.3 Å². The SMILES string of the molecule is O=C1CSc2ccc(CN[C@@H]3CCN(CCc4c(Cl)cnc5ccc(Cl)cc45)C[C@@H]3O)nc2N1. The van der Waals surface area contributed by atoms with Crippen molar-refractivity contribution in [1.82, 2.24) is 20.2 Å². The predicted octanol–water partition coefficient (Wildman–Crippen LogP) is 3.75. The monoisotopic (exact) mass is 517 g/mol. The lowest BCUT2D eigenvalue weighted by atomic mass is 10.0. The molecule has 4 heterocycles. The van der Waals surface area contributed by atoms with Crippen molar-refractivity contribution in [2.75, 3.05) is 30.7 Å². The van der Waals surface area contributed by atoms with Crippen LogP contribution in [0.3, 0.4) is 0 Å². The Morgan fingerprint density at radius 2 is 2.15 bits per heavy atom. The van der Waals surface area contributed by atoms with Crippen LogP contribution in [0.4, 0.5) is 5.82 Å². The van der Waals surface area contributed by atoms with Crippen LogP contribution < -0.4 is 10.6 Å². The number of piperidine rings is 1. The van der Waals surface area contributed by atoms with Crippen LogP contribution in [0.5, 0.6) is 0 Å². The van der Waals surface area contributed by atoms with Crippen LogP contribution in [-0.4, -0.2) is 63.4 Å². The molecule has 0 bridgehead atoms. The number of carbonyl (C=O) groups excluding carboxylic acids is 1. The summed E-state index contributed by atoms with van der Waals surface area (Å²) in [5.74, 6) is 1.02. The fourth-order valence-corrected chi connectivity index (χ4v) is 5.67. The zero-order valence-electron chi connectivity index (χ0n) is 18.4. The van der Waals surface area contributed by atoms with Crippen molar-refractivity contribution in [3.05, 3.63) is 57.8 Å². The number of likely N-dealkylation sites (tertiary alicyclic amines) is 1. The second-order valence-electron chi connectivity index (χ2n) is 8.63. The Bertz CT molecular complexity index is 1220. The highest BCUT2D eigenvalue weighted by atomic mass is 35.5. The van der Waals surface area contributed by atoms with Crippen molar-refractivity contribution in [3.63, 3.8) is 0 Å². The molecule has 1 fully saturated rings. The number of anilines is 1. The first-order chi connectivity index (χ1) is 16.5. The fourth-order valence-electron chi connectivity index (χ4n) is 4.50. The summed E-state index contributed by atoms with van der Waals surface area (Å²) >= 11 is 14.2. The molecule has 1 amide bonds. The largest absolute Gasteiger partial charge is 0.390 e. The Labute approximate surface area is 212 Å². The lowest BCUT2D eigenvalue weighted by Gasteiger charge is -2.36. The molecule has 1 aromatic carbocycles. The van der Waals surface area contributed by atoms with Crippen molar-refractivity contribution >= 4 is 57.6 Å². The lowest BCUT2D eigenvalue weighted by Crippen LogP contribution is -2.52. The molecule has 0 saturated carbocycles. The zero-order valence-corrected chi connectivity index (χ0v) is 20.8. The molecule has 178 valence electrons. The molecule has 0 radical (unpaired) electrons. The van der Waals surface area contributed by atoms with Crippen LogP contribution in [0.2, 0.25) is 10.0 Å². The van der Waals surface area contributed by atoms with E-state index in [1.165, 1.54) is 11.8 Å². The van der Waals surface area contributed by atoms with Crippen LogP contribution in [-0.2, 0) is 17.8 Å². The molecule has 5 rings (SSSR count). The van der Waals surface area contributed by atoms with Gasteiger partial charge in [-0.2, -0.15) is 0 Å². The number of carbonyl (C=O) groups is 1. The van der Waals surface area contributed by atoms with E-state index >= 15 is 0 Å². The molecule has 2 atom stereocenters. The van der Waals surface area contributed by atoms with Crippen LogP contribution in [0.15, 0.2) is 41.4 Å². The summed E-state index contributed by atoms with van der Waals surface area (Å²) in [6.07, 6.45) is 2.79. The van der Waals surface area contributed by atoms with Crippen molar-refractivity contribution in [2.24, 2.45) is 0 Å². The summed E-state index contributed by atoms with van der Waals surface area (Å²) in [5, 5.41) is 19.3. The second-order valence-corrected chi connectivity index (χ2v) is 10.5. The highest BCUT2D eigenvalue weighted by molar-refractivity contribution is 8.00. The number of halogens is 2. The molecule has 0 unspecified atom stereocenters. The predicted molar refractivity (Wildman–Crippen MR) is 137 cm³/mol. The Morgan fingerprint density at radius 3 is 3.00 bits per heavy atom. The van der Waals surface area contributed by atoms with Gasteiger partial charge in [0.2, 0.25) is 5.91 Å². The number of fused-ring (bicyclic) bond motifs is 2. The van der Waals surface area contributed by atoms with Gasteiger partial charge in [0.25, 0.3) is 0 Å². The van der Waals surface area contributed by atoms with E-state index in [4.69, 9.17) is 23.2 Å². The van der Waals surface area contributed by atoms with Crippen LogP contribution >= 0.6 is 35.0 Å². The van der Waals surface area contributed by atoms with Gasteiger partial charge in [0, 0.05) is 42.3 Å². The average molecular weight is 518 g/mol. The molecular formula is C24H25Cl2N5O2S. The molecule has 1 saturated heterocycles. The smallest absolute Gasteiger partial charge is 0.235 e. The van der Waals surface area contributed by atoms with Gasteiger partial charge in [-0.05, 0) is 55.3 Å². The van der Waals surface area contributed by atoms with Crippen molar-refractivity contribution in [3.8, 4) is 0 Å². The number of aromatic nitrogens is 2. The third-order valence-electron chi connectivity index (χ3n) is 6.31. The third-order valence-corrected chi connectivity index (χ3v) is 7.92. The summed E-state index contributed by atoms with van der Waals surface area (Å²) in [6, 6.07) is 9.59. The number of hydrogen-bond donors (Lipinski definition) is 3. The van der Waals surface area contributed by atoms with Crippen molar-refractivity contribution in [2.45, 2.75) is 36.4 Å². The summed E-state index contributed by atoms with van der Waals surface area (Å²) in [7, 11) is 0. The van der Waals surface area contributed by atoms with Crippen LogP contribution in [0, 0.1) is 0 Å². The van der Waals surface area contributed by atoms with E-state index in [2.05, 4.69) is 25.5 Å². The molecule has 0 aliphatic carbocycles. The standard InChI is InChI=1S/C24H25Cl2N5O2S/c25-14-1-3-19-17(9-14)16(18(26)11-28-19)5-7-31-8-6-20(21(32)12-31)27-10-15-2-4-22-24(29-15)30-23(33)13-34-22/h1-4,9,11,20-21,27,32H,5-8,10,12-13H2,(H,29,30,33)/t20-,21+/m1/s1. The average Bonchev–Trinajstić information content (AvgIpc) is 2.82. The molecular weight excluding hydrogens is 493 g/mol. The van der Waals surface area contributed by atoms with Crippen molar-refractivity contribution in [1.29, 1.82) is 0 Å². The first-order valence-corrected chi connectivity index (χ1v) is 13.0. The quantitative estimate of drug-likeness (QED) is 0.458. The zero-order chi connectivity index (χ0) is 23.7. The maximum absolute atomic E-state index is 11.6. The normalized spacial score (nSPS) is 20.9. The van der Waals surface area contributed by atoms with Gasteiger partial charge in [-0.25, -0.2) is 4.98 Å². The molecule has 10 heteroatoms. The van der Waals surface area contributed by atoms with Gasteiger partial charge in [-0.15, -0.1) is 11.8 Å². The van der Waals surface area contributed by atoms with Gasteiger partial charge in [-0.1, -0.05) is 23.2 Å². The Morgan fingerprint density at radius 1 is 1.26 bits per heavy atom. The fraction of sp³-hybridized carbons (Fsp3) is 0.375. The number of amides is 1. The van der Waals surface area contributed by atoms with Gasteiger partial charge in [-0.3, -0.25) is 9.78 Å². The minimum atomic E-state index is -0.485. The van der Waals surface area contributed by atoms with Gasteiger partial charge in [0.15, 0.2) is 0 Å². The molecule has 3 N–H and O–H groups in total. The number of hydrogen-bond acceptors (Lipinski definition) is 7. The van der Waals surface area contributed by atoms with E-state index in [0.717, 1.165) is 53.0 Å². The molecule has 2 aliphatic heterocycles. The number of benzene rings is 1. The number of nitrogens with zero attached hydrogens (tertiary/aromatic N) is 3. The van der Waals surface area contributed by atoms with E-state index in [1.54, 1.807) is 6.20 Å². The highest BCUT2D eigenvalue weighted by Crippen LogP contribution is 2.30. The third kappa shape index (κ3) is 5.32. The number of aliphatic hydroxyl groups excluding tert-OH is 1. The van der Waals surface area contributed by atoms with Crippen molar-refractivity contribution < 1.29 is 9.90 Å². The Balaban J connectivity index is 1.16. The summed E-state index contributed by atoms with van der Waals surface area (Å²) < 4.78 is 0. The molecule has 7 nitrogen and oxygen atoms in total. The summed E-state index contributed by atoms with van der Waals surface area (Å²) in [4.78, 5) is 23.8. The second kappa shape index (κ2) is 10.4. The first kappa shape index (κ1) is 23.8. The maximum atomic E-state index is 11.6. The molecule has 0 spiro atoms. The molecule has 2 aliphatic rings. The molecule has 2 aromatic heterocycles. The van der Waals surface area contributed by atoms with Crippen LogP contribution in [0.1, 0.15) is 17.7 Å². The maximum Gasteiger partial charge on any atom is 0.235 e. The number of nitrogens with one attached hydrogen (secondary N) is 2. The molecule has 3 aromatic rings. The number of aliphatic hydroxyl groups is 1. The minimum absolute atomic E-state index is 0.0119. The van der Waals surface area contributed by atoms with Gasteiger partial charge < -0.3 is 20.6 Å². The number of rotatable bonds is 6. The minimum Gasteiger partial charge on any atom is -0.390 e. The van der Waals surface area contributed by atoms with E-state index in [-0.39, 0.29) is 11.9 Å². The first-order valence-electron chi connectivity index (χ1n) is 11.3. The number of thioether (sulfide) groups is 1.